The first-order valence-corrected chi connectivity index (χ1v) is 5.84. The molecule has 0 aromatic rings. The van der Waals surface area contributed by atoms with Gasteiger partial charge in [0.15, 0.2) is 0 Å². The lowest BCUT2D eigenvalue weighted by Crippen LogP contribution is -2.19. The quantitative estimate of drug-likeness (QED) is 0.207. The van der Waals surface area contributed by atoms with Crippen LogP contribution < -0.4 is 0 Å². The molecule has 0 spiro atoms. The largest absolute Gasteiger partial charge is 0.393 e. The molecule has 0 aliphatic heterocycles. The minimum absolute atomic E-state index is 0.226. The van der Waals surface area contributed by atoms with Gasteiger partial charge in [-0.15, -0.1) is 0 Å². The van der Waals surface area contributed by atoms with E-state index in [9.17, 15) is 35.5 Å². The molecular formula is C12H13F7O2. The number of carbonyl (C=O) groups is 1. The zero-order valence-corrected chi connectivity index (χ0v) is 10.8. The summed E-state index contributed by atoms with van der Waals surface area (Å²) in [6.07, 6.45) is -7.34. The normalized spacial score (nSPS) is 13.7. The Morgan fingerprint density at radius 3 is 2.00 bits per heavy atom. The second-order valence-corrected chi connectivity index (χ2v) is 4.09. The summed E-state index contributed by atoms with van der Waals surface area (Å²) in [6, 6.07) is -2.39. The summed E-state index contributed by atoms with van der Waals surface area (Å²) >= 11 is 0. The first-order chi connectivity index (χ1) is 9.49. The predicted octanol–water partition coefficient (Wildman–Crippen LogP) is 4.97. The second kappa shape index (κ2) is 8.04. The molecule has 0 saturated carbocycles. The van der Waals surface area contributed by atoms with Crippen LogP contribution in [0.15, 0.2) is 24.5 Å². The molecule has 0 atom stereocenters. The molecule has 0 aliphatic rings. The first-order valence-electron chi connectivity index (χ1n) is 5.84. The van der Waals surface area contributed by atoms with Crippen LogP contribution in [0.3, 0.4) is 0 Å². The monoisotopic (exact) mass is 322 g/mol. The maximum atomic E-state index is 13.2. The van der Waals surface area contributed by atoms with Crippen LogP contribution in [-0.4, -0.2) is 18.1 Å². The number of halogens is 7. The van der Waals surface area contributed by atoms with Gasteiger partial charge in [0.25, 0.3) is 0 Å². The van der Waals surface area contributed by atoms with E-state index in [0.717, 1.165) is 0 Å². The number of esters is 1. The highest BCUT2D eigenvalue weighted by atomic mass is 19.4. The number of ether oxygens (including phenoxy) is 1. The Hall–Kier alpha value is -1.54. The molecule has 0 aliphatic carbocycles. The molecule has 0 saturated heterocycles. The summed E-state index contributed by atoms with van der Waals surface area (Å²) in [5.41, 5.74) is 0. The van der Waals surface area contributed by atoms with Gasteiger partial charge < -0.3 is 4.74 Å². The van der Waals surface area contributed by atoms with Gasteiger partial charge in [0, 0.05) is 18.9 Å². The summed E-state index contributed by atoms with van der Waals surface area (Å²) < 4.78 is 91.1. The molecular weight excluding hydrogens is 309 g/mol. The van der Waals surface area contributed by atoms with Crippen LogP contribution in [0.4, 0.5) is 30.7 Å². The minimum atomic E-state index is -4.39. The second-order valence-electron chi connectivity index (χ2n) is 4.09. The third kappa shape index (κ3) is 8.36. The smallest absolute Gasteiger partial charge is 0.389 e. The predicted molar refractivity (Wildman–Crippen MR) is 59.6 cm³/mol. The summed E-state index contributed by atoms with van der Waals surface area (Å²) in [7, 11) is 0. The molecule has 0 aromatic heterocycles. The number of hydrogen-bond donors (Lipinski definition) is 0. The van der Waals surface area contributed by atoms with E-state index >= 15 is 0 Å². The molecule has 0 rings (SSSR count). The fraction of sp³-hybridized carbons (Fsp3) is 0.583. The number of unbranched alkanes of at least 4 members (excludes halogenated alkanes) is 2. The first kappa shape index (κ1) is 19.5. The van der Waals surface area contributed by atoms with E-state index < -0.39 is 55.6 Å². The Labute approximate surface area is 116 Å². The average molecular weight is 322 g/mol. The van der Waals surface area contributed by atoms with Crippen molar-refractivity contribution in [3.8, 4) is 0 Å². The number of alkyl halides is 5. The van der Waals surface area contributed by atoms with Gasteiger partial charge >= 0.3 is 24.1 Å². The van der Waals surface area contributed by atoms with Gasteiger partial charge in [0.2, 0.25) is 5.83 Å². The lowest BCUT2D eigenvalue weighted by atomic mass is 10.1. The summed E-state index contributed by atoms with van der Waals surface area (Å²) in [6.45, 7) is 2.86. The molecule has 0 N–H and O–H groups in total. The minimum Gasteiger partial charge on any atom is -0.393 e. The van der Waals surface area contributed by atoms with E-state index in [-0.39, 0.29) is 6.42 Å². The molecule has 0 radical (unpaired) electrons. The highest BCUT2D eigenvalue weighted by Gasteiger charge is 2.39. The summed E-state index contributed by atoms with van der Waals surface area (Å²) in [4.78, 5) is 10.5. The molecule has 0 fully saturated rings. The van der Waals surface area contributed by atoms with E-state index in [1.165, 1.54) is 0 Å². The number of allylic oxidation sites excluding steroid dienone is 1. The van der Waals surface area contributed by atoms with E-state index in [0.29, 0.717) is 6.08 Å². The van der Waals surface area contributed by atoms with Gasteiger partial charge in [-0.25, -0.2) is 4.79 Å². The van der Waals surface area contributed by atoms with Crippen LogP contribution in [0.5, 0.6) is 0 Å². The molecule has 21 heavy (non-hydrogen) atoms. The zero-order valence-electron chi connectivity index (χ0n) is 10.8. The van der Waals surface area contributed by atoms with Crippen LogP contribution >= 0.6 is 0 Å². The SMILES string of the molecule is C=CC(=O)OC(F)=C(F)C(F)(F)CCCCCC(F)(F)F. The van der Waals surface area contributed by atoms with Gasteiger partial charge in [-0.3, -0.25) is 0 Å². The third-order valence-electron chi connectivity index (χ3n) is 2.30. The van der Waals surface area contributed by atoms with Gasteiger partial charge in [-0.05, 0) is 12.8 Å². The van der Waals surface area contributed by atoms with Crippen LogP contribution in [-0.2, 0) is 9.53 Å². The van der Waals surface area contributed by atoms with Crippen molar-refractivity contribution in [1.82, 2.24) is 0 Å². The number of carbonyl (C=O) groups excluding carboxylic acids is 1. The van der Waals surface area contributed by atoms with Gasteiger partial charge in [-0.1, -0.05) is 13.0 Å². The van der Waals surface area contributed by atoms with Crippen LogP contribution in [0.25, 0.3) is 0 Å². The van der Waals surface area contributed by atoms with Crippen molar-refractivity contribution in [2.75, 3.05) is 0 Å². The van der Waals surface area contributed by atoms with Crippen molar-refractivity contribution in [3.05, 3.63) is 24.5 Å². The van der Waals surface area contributed by atoms with Crippen LogP contribution in [0, 0.1) is 0 Å². The van der Waals surface area contributed by atoms with Crippen molar-refractivity contribution in [2.45, 2.75) is 44.2 Å². The summed E-state index contributed by atoms with van der Waals surface area (Å²) in [5, 5.41) is 0. The molecule has 0 heterocycles. The van der Waals surface area contributed by atoms with Gasteiger partial charge in [0.05, 0.1) is 0 Å². The van der Waals surface area contributed by atoms with Gasteiger partial charge in [0.1, 0.15) is 0 Å². The maximum absolute atomic E-state index is 13.2. The van der Waals surface area contributed by atoms with Crippen LogP contribution in [0.2, 0.25) is 0 Å². The Bertz CT molecular complexity index is 399. The molecule has 9 heteroatoms. The third-order valence-corrected chi connectivity index (χ3v) is 2.30. The Balaban J connectivity index is 4.37. The molecule has 0 aromatic carbocycles. The number of hydrogen-bond acceptors (Lipinski definition) is 2. The van der Waals surface area contributed by atoms with E-state index in [1.54, 1.807) is 0 Å². The lowest BCUT2D eigenvalue weighted by molar-refractivity contribution is -0.137. The highest BCUT2D eigenvalue weighted by Crippen LogP contribution is 2.34. The molecule has 122 valence electrons. The Kier molecular flexibility index (Phi) is 7.45. The van der Waals surface area contributed by atoms with Crippen molar-refractivity contribution in [1.29, 1.82) is 0 Å². The van der Waals surface area contributed by atoms with Crippen molar-refractivity contribution in [2.24, 2.45) is 0 Å². The fourth-order valence-electron chi connectivity index (χ4n) is 1.28. The lowest BCUT2D eigenvalue weighted by Gasteiger charge is -2.14. The Morgan fingerprint density at radius 1 is 1.00 bits per heavy atom. The average Bonchev–Trinajstić information content (AvgIpc) is 2.35. The highest BCUT2D eigenvalue weighted by molar-refractivity contribution is 5.81. The fourth-order valence-corrected chi connectivity index (χ4v) is 1.28. The topological polar surface area (TPSA) is 26.3 Å². The Morgan fingerprint density at radius 2 is 1.52 bits per heavy atom. The van der Waals surface area contributed by atoms with E-state index in [4.69, 9.17) is 0 Å². The summed E-state index contributed by atoms with van der Waals surface area (Å²) in [5.74, 6) is -8.29. The molecule has 0 amide bonds. The maximum Gasteiger partial charge on any atom is 0.389 e. The van der Waals surface area contributed by atoms with E-state index in [1.807, 2.05) is 0 Å². The van der Waals surface area contributed by atoms with Crippen LogP contribution in [0.1, 0.15) is 32.1 Å². The molecule has 0 unspecified atom stereocenters. The van der Waals surface area contributed by atoms with Gasteiger partial charge in [-0.2, -0.15) is 30.7 Å². The molecule has 2 nitrogen and oxygen atoms in total. The standard InChI is InChI=1S/C12H13F7O2/c1-2-8(20)21-10(14)9(13)11(15,16)6-4-3-5-7-12(17,18)19/h2H,1,3-7H2. The number of rotatable bonds is 8. The zero-order chi connectivity index (χ0) is 16.7. The van der Waals surface area contributed by atoms with Crippen molar-refractivity contribution in [3.63, 3.8) is 0 Å². The van der Waals surface area contributed by atoms with Crippen molar-refractivity contribution < 1.29 is 40.3 Å². The molecule has 0 bridgehead atoms. The van der Waals surface area contributed by atoms with Crippen molar-refractivity contribution >= 4 is 5.97 Å². The van der Waals surface area contributed by atoms with E-state index in [2.05, 4.69) is 11.3 Å².